The summed E-state index contributed by atoms with van der Waals surface area (Å²) in [7, 11) is -2.58. The first-order chi connectivity index (χ1) is 13.6. The molecule has 0 aromatic heterocycles. The predicted molar refractivity (Wildman–Crippen MR) is 109 cm³/mol. The second-order valence-electron chi connectivity index (χ2n) is 6.63. The number of benzene rings is 2. The van der Waals surface area contributed by atoms with Crippen LogP contribution in [0.25, 0.3) is 0 Å². The molecule has 0 atom stereocenters. The van der Waals surface area contributed by atoms with E-state index in [-0.39, 0.29) is 23.9 Å². The number of hydrogen-bond acceptors (Lipinski definition) is 6. The lowest BCUT2D eigenvalue weighted by molar-refractivity contribution is -0.144. The minimum atomic E-state index is -3.87. The molecule has 2 aromatic rings. The summed E-state index contributed by atoms with van der Waals surface area (Å²) < 4.78 is 36.7. The molecule has 0 radical (unpaired) electrons. The van der Waals surface area contributed by atoms with Crippen molar-refractivity contribution < 1.29 is 27.5 Å². The Bertz CT molecular complexity index is 962. The molecule has 0 saturated heterocycles. The molecule has 2 aromatic carbocycles. The molecule has 0 fully saturated rings. The van der Waals surface area contributed by atoms with Crippen LogP contribution in [-0.2, 0) is 19.6 Å². The number of para-hydroxylation sites is 1. The average Bonchev–Trinajstić information content (AvgIpc) is 2.67. The number of carbonyl (C=O) groups excluding carboxylic acids is 2. The van der Waals surface area contributed by atoms with Crippen molar-refractivity contribution >= 4 is 21.8 Å². The lowest BCUT2D eigenvalue weighted by Gasteiger charge is -2.17. The van der Waals surface area contributed by atoms with Gasteiger partial charge < -0.3 is 9.47 Å². The van der Waals surface area contributed by atoms with Gasteiger partial charge in [0.15, 0.2) is 5.78 Å². The van der Waals surface area contributed by atoms with Gasteiger partial charge in [0.2, 0.25) is 10.0 Å². The number of esters is 1. The van der Waals surface area contributed by atoms with E-state index in [2.05, 4.69) is 0 Å². The first kappa shape index (κ1) is 22.6. The molecule has 7 nitrogen and oxygen atoms in total. The Kier molecular flexibility index (Phi) is 7.53. The molecule has 0 bridgehead atoms. The van der Waals surface area contributed by atoms with Crippen LogP contribution >= 0.6 is 0 Å². The van der Waals surface area contributed by atoms with Crippen molar-refractivity contribution in [3.05, 3.63) is 59.2 Å². The highest BCUT2D eigenvalue weighted by molar-refractivity contribution is 7.89. The SMILES string of the molecule is CC(=O)c1ccc(S(=O)(=O)N(C)CC(=O)OCCOc2c(C)cccc2C)cc1. The highest BCUT2D eigenvalue weighted by Crippen LogP contribution is 2.22. The largest absolute Gasteiger partial charge is 0.489 e. The molecule has 29 heavy (non-hydrogen) atoms. The average molecular weight is 419 g/mol. The van der Waals surface area contributed by atoms with Gasteiger partial charge in [-0.15, -0.1) is 0 Å². The third-order valence-corrected chi connectivity index (χ3v) is 6.14. The summed E-state index contributed by atoms with van der Waals surface area (Å²) in [4.78, 5) is 23.3. The van der Waals surface area contributed by atoms with Gasteiger partial charge in [0.25, 0.3) is 0 Å². The molecule has 0 saturated carbocycles. The van der Waals surface area contributed by atoms with Crippen molar-refractivity contribution in [1.82, 2.24) is 4.31 Å². The van der Waals surface area contributed by atoms with E-state index in [0.29, 0.717) is 5.56 Å². The van der Waals surface area contributed by atoms with Crippen LogP contribution in [0.5, 0.6) is 5.75 Å². The monoisotopic (exact) mass is 419 g/mol. The molecular formula is C21H25NO6S. The number of likely N-dealkylation sites (N-methyl/N-ethyl adjacent to an activating group) is 1. The molecular weight excluding hydrogens is 394 g/mol. The normalized spacial score (nSPS) is 11.3. The predicted octanol–water partition coefficient (Wildman–Crippen LogP) is 2.75. The van der Waals surface area contributed by atoms with E-state index >= 15 is 0 Å². The zero-order valence-electron chi connectivity index (χ0n) is 17.0. The van der Waals surface area contributed by atoms with E-state index in [1.54, 1.807) is 0 Å². The van der Waals surface area contributed by atoms with Crippen molar-refractivity contribution in [2.45, 2.75) is 25.7 Å². The van der Waals surface area contributed by atoms with Gasteiger partial charge in [0.05, 0.1) is 4.90 Å². The van der Waals surface area contributed by atoms with Crippen molar-refractivity contribution in [1.29, 1.82) is 0 Å². The quantitative estimate of drug-likeness (QED) is 0.353. The Morgan fingerprint density at radius 1 is 0.966 bits per heavy atom. The second kappa shape index (κ2) is 9.67. The van der Waals surface area contributed by atoms with Crippen LogP contribution in [0, 0.1) is 13.8 Å². The summed E-state index contributed by atoms with van der Waals surface area (Å²) in [6.07, 6.45) is 0. The van der Waals surface area contributed by atoms with Crippen LogP contribution in [-0.4, -0.2) is 51.3 Å². The van der Waals surface area contributed by atoms with Crippen molar-refractivity contribution in [2.75, 3.05) is 26.8 Å². The molecule has 8 heteroatoms. The fraction of sp³-hybridized carbons (Fsp3) is 0.333. The standard InChI is InChI=1S/C21H25NO6S/c1-15-6-5-7-16(2)21(15)28-13-12-27-20(24)14-22(4)29(25,26)19-10-8-18(9-11-19)17(3)23/h5-11H,12-14H2,1-4H3. The Labute approximate surface area is 171 Å². The first-order valence-electron chi connectivity index (χ1n) is 9.05. The molecule has 2 rings (SSSR count). The van der Waals surface area contributed by atoms with Gasteiger partial charge in [-0.3, -0.25) is 9.59 Å². The van der Waals surface area contributed by atoms with E-state index < -0.39 is 22.5 Å². The number of nitrogens with zero attached hydrogens (tertiary/aromatic N) is 1. The van der Waals surface area contributed by atoms with E-state index in [4.69, 9.17) is 9.47 Å². The van der Waals surface area contributed by atoms with Gasteiger partial charge in [-0.2, -0.15) is 4.31 Å². The summed E-state index contributed by atoms with van der Waals surface area (Å²) in [5, 5.41) is 0. The Balaban J connectivity index is 1.87. The molecule has 0 unspecified atom stereocenters. The minimum absolute atomic E-state index is 0.00355. The maximum atomic E-state index is 12.5. The molecule has 0 heterocycles. The highest BCUT2D eigenvalue weighted by atomic mass is 32.2. The van der Waals surface area contributed by atoms with E-state index in [9.17, 15) is 18.0 Å². The molecule has 156 valence electrons. The molecule has 0 amide bonds. The number of rotatable bonds is 9. The maximum absolute atomic E-state index is 12.5. The molecule has 0 aliphatic rings. The topological polar surface area (TPSA) is 90.0 Å². The van der Waals surface area contributed by atoms with Crippen LogP contribution in [0.1, 0.15) is 28.4 Å². The van der Waals surface area contributed by atoms with Crippen molar-refractivity contribution in [3.63, 3.8) is 0 Å². The van der Waals surface area contributed by atoms with Crippen molar-refractivity contribution in [3.8, 4) is 5.75 Å². The zero-order chi connectivity index (χ0) is 21.6. The maximum Gasteiger partial charge on any atom is 0.321 e. The van der Waals surface area contributed by atoms with Crippen LogP contribution < -0.4 is 4.74 Å². The van der Waals surface area contributed by atoms with E-state index in [0.717, 1.165) is 21.2 Å². The zero-order valence-corrected chi connectivity index (χ0v) is 17.8. The molecule has 0 spiro atoms. The lowest BCUT2D eigenvalue weighted by Crippen LogP contribution is -2.33. The summed E-state index contributed by atoms with van der Waals surface area (Å²) in [5.74, 6) is -0.0900. The van der Waals surface area contributed by atoms with E-state index in [1.807, 2.05) is 32.0 Å². The summed E-state index contributed by atoms with van der Waals surface area (Å²) >= 11 is 0. The minimum Gasteiger partial charge on any atom is -0.489 e. The third kappa shape index (κ3) is 5.88. The van der Waals surface area contributed by atoms with E-state index in [1.165, 1.54) is 38.2 Å². The number of carbonyl (C=O) groups is 2. The fourth-order valence-corrected chi connectivity index (χ4v) is 3.80. The number of ketones is 1. The highest BCUT2D eigenvalue weighted by Gasteiger charge is 2.23. The fourth-order valence-electron chi connectivity index (χ4n) is 2.68. The van der Waals surface area contributed by atoms with Gasteiger partial charge >= 0.3 is 5.97 Å². The van der Waals surface area contributed by atoms with Gasteiger partial charge in [0.1, 0.15) is 25.5 Å². The Morgan fingerprint density at radius 3 is 2.10 bits per heavy atom. The van der Waals surface area contributed by atoms with Crippen molar-refractivity contribution in [2.24, 2.45) is 0 Å². The number of aryl methyl sites for hydroxylation is 2. The number of sulfonamides is 1. The van der Waals surface area contributed by atoms with Gasteiger partial charge in [-0.25, -0.2) is 8.42 Å². The first-order valence-corrected chi connectivity index (χ1v) is 10.5. The van der Waals surface area contributed by atoms with Gasteiger partial charge in [-0.1, -0.05) is 30.3 Å². The van der Waals surface area contributed by atoms with Crippen LogP contribution in [0.2, 0.25) is 0 Å². The summed E-state index contributed by atoms with van der Waals surface area (Å²) in [6, 6.07) is 11.3. The summed E-state index contributed by atoms with van der Waals surface area (Å²) in [6.45, 7) is 5.00. The third-order valence-electron chi connectivity index (χ3n) is 4.32. The second-order valence-corrected chi connectivity index (χ2v) is 8.68. The lowest BCUT2D eigenvalue weighted by atomic mass is 10.1. The van der Waals surface area contributed by atoms with Gasteiger partial charge in [-0.05, 0) is 44.0 Å². The van der Waals surface area contributed by atoms with Crippen LogP contribution in [0.3, 0.4) is 0 Å². The molecule has 0 aliphatic heterocycles. The van der Waals surface area contributed by atoms with Gasteiger partial charge in [0, 0.05) is 12.6 Å². The number of hydrogen-bond donors (Lipinski definition) is 0. The molecule has 0 N–H and O–H groups in total. The Morgan fingerprint density at radius 2 is 1.55 bits per heavy atom. The molecule has 0 aliphatic carbocycles. The summed E-state index contributed by atoms with van der Waals surface area (Å²) in [5.41, 5.74) is 2.38. The smallest absolute Gasteiger partial charge is 0.321 e. The van der Waals surface area contributed by atoms with Crippen LogP contribution in [0.4, 0.5) is 0 Å². The van der Waals surface area contributed by atoms with Crippen LogP contribution in [0.15, 0.2) is 47.4 Å². The number of Topliss-reactive ketones (excluding diaryl/α,β-unsaturated/α-hetero) is 1. The Hall–Kier alpha value is -2.71. The number of ether oxygens (including phenoxy) is 2.